The maximum absolute atomic E-state index is 13.1. The summed E-state index contributed by atoms with van der Waals surface area (Å²) in [6.45, 7) is 0. The van der Waals surface area contributed by atoms with E-state index in [2.05, 4.69) is 16.8 Å². The van der Waals surface area contributed by atoms with Gasteiger partial charge in [0.1, 0.15) is 5.82 Å². The van der Waals surface area contributed by atoms with Gasteiger partial charge in [0.05, 0.1) is 6.04 Å². The standard InChI is InChI=1S/C12H12FNS/c1-14-12(10-5-6-15-8-10)9-3-2-4-11(13)7-9/h2-8,12,14H,1H3. The fourth-order valence-corrected chi connectivity index (χ4v) is 2.34. The summed E-state index contributed by atoms with van der Waals surface area (Å²) in [6, 6.07) is 8.83. The smallest absolute Gasteiger partial charge is 0.123 e. The minimum atomic E-state index is -0.192. The Morgan fingerprint density at radius 3 is 2.73 bits per heavy atom. The summed E-state index contributed by atoms with van der Waals surface area (Å²) in [4.78, 5) is 0. The minimum Gasteiger partial charge on any atom is -0.309 e. The molecule has 1 unspecified atom stereocenters. The predicted molar refractivity (Wildman–Crippen MR) is 61.6 cm³/mol. The summed E-state index contributed by atoms with van der Waals surface area (Å²) in [5, 5.41) is 7.29. The van der Waals surface area contributed by atoms with E-state index in [0.717, 1.165) is 5.56 Å². The Hall–Kier alpha value is -1.19. The topological polar surface area (TPSA) is 12.0 Å². The lowest BCUT2D eigenvalue weighted by atomic mass is 10.0. The van der Waals surface area contributed by atoms with Gasteiger partial charge in [-0.25, -0.2) is 4.39 Å². The van der Waals surface area contributed by atoms with Crippen molar-refractivity contribution in [2.75, 3.05) is 7.05 Å². The van der Waals surface area contributed by atoms with Gasteiger partial charge in [-0.1, -0.05) is 12.1 Å². The molecule has 0 radical (unpaired) electrons. The molecule has 1 atom stereocenters. The molecule has 15 heavy (non-hydrogen) atoms. The Labute approximate surface area is 92.6 Å². The van der Waals surface area contributed by atoms with Crippen LogP contribution < -0.4 is 5.32 Å². The van der Waals surface area contributed by atoms with Crippen molar-refractivity contribution < 1.29 is 4.39 Å². The van der Waals surface area contributed by atoms with Gasteiger partial charge in [-0.15, -0.1) is 0 Å². The maximum Gasteiger partial charge on any atom is 0.123 e. The molecule has 0 bridgehead atoms. The predicted octanol–water partition coefficient (Wildman–Crippen LogP) is 3.20. The first-order valence-electron chi connectivity index (χ1n) is 4.76. The van der Waals surface area contributed by atoms with Gasteiger partial charge in [0.25, 0.3) is 0 Å². The zero-order valence-electron chi connectivity index (χ0n) is 8.41. The summed E-state index contributed by atoms with van der Waals surface area (Å²) in [5.74, 6) is -0.192. The van der Waals surface area contributed by atoms with E-state index in [1.54, 1.807) is 23.5 Å². The molecule has 1 aromatic carbocycles. The first-order valence-corrected chi connectivity index (χ1v) is 5.70. The first kappa shape index (κ1) is 10.3. The van der Waals surface area contributed by atoms with Crippen LogP contribution in [0.4, 0.5) is 4.39 Å². The number of thiophene rings is 1. The summed E-state index contributed by atoms with van der Waals surface area (Å²) < 4.78 is 13.1. The number of hydrogen-bond acceptors (Lipinski definition) is 2. The van der Waals surface area contributed by atoms with Crippen LogP contribution in [0.5, 0.6) is 0 Å². The van der Waals surface area contributed by atoms with Crippen LogP contribution in [0.2, 0.25) is 0 Å². The lowest BCUT2D eigenvalue weighted by molar-refractivity contribution is 0.617. The summed E-state index contributed by atoms with van der Waals surface area (Å²) in [5.41, 5.74) is 2.13. The van der Waals surface area contributed by atoms with E-state index in [-0.39, 0.29) is 11.9 Å². The van der Waals surface area contributed by atoms with Crippen molar-refractivity contribution in [3.05, 3.63) is 58.0 Å². The van der Waals surface area contributed by atoms with Crippen molar-refractivity contribution in [2.24, 2.45) is 0 Å². The van der Waals surface area contributed by atoms with Gasteiger partial charge < -0.3 is 5.32 Å². The van der Waals surface area contributed by atoms with E-state index < -0.39 is 0 Å². The van der Waals surface area contributed by atoms with E-state index in [1.807, 2.05) is 18.5 Å². The monoisotopic (exact) mass is 221 g/mol. The Morgan fingerprint density at radius 2 is 2.13 bits per heavy atom. The molecule has 0 aliphatic carbocycles. The van der Waals surface area contributed by atoms with Gasteiger partial charge in [-0.3, -0.25) is 0 Å². The zero-order valence-corrected chi connectivity index (χ0v) is 9.22. The molecule has 0 aliphatic rings. The molecule has 2 aromatic rings. The minimum absolute atomic E-state index is 0.0759. The van der Waals surface area contributed by atoms with Crippen molar-refractivity contribution in [3.63, 3.8) is 0 Å². The molecule has 0 saturated heterocycles. The summed E-state index contributed by atoms with van der Waals surface area (Å²) >= 11 is 1.65. The second-order valence-corrected chi connectivity index (χ2v) is 4.11. The van der Waals surface area contributed by atoms with E-state index >= 15 is 0 Å². The molecule has 0 amide bonds. The van der Waals surface area contributed by atoms with Crippen LogP contribution in [0, 0.1) is 5.82 Å². The third kappa shape index (κ3) is 2.25. The third-order valence-electron chi connectivity index (χ3n) is 2.35. The average Bonchev–Trinajstić information content (AvgIpc) is 2.72. The highest BCUT2D eigenvalue weighted by molar-refractivity contribution is 7.08. The summed E-state index contributed by atoms with van der Waals surface area (Å²) in [7, 11) is 1.88. The Bertz CT molecular complexity index is 425. The quantitative estimate of drug-likeness (QED) is 0.839. The van der Waals surface area contributed by atoms with Crippen LogP contribution in [0.15, 0.2) is 41.1 Å². The number of nitrogens with one attached hydrogen (secondary N) is 1. The fourth-order valence-electron chi connectivity index (χ4n) is 1.65. The number of hydrogen-bond donors (Lipinski definition) is 1. The highest BCUT2D eigenvalue weighted by atomic mass is 32.1. The van der Waals surface area contributed by atoms with Crippen LogP contribution in [0.1, 0.15) is 17.2 Å². The van der Waals surface area contributed by atoms with Gasteiger partial charge >= 0.3 is 0 Å². The molecule has 0 aliphatic heterocycles. The van der Waals surface area contributed by atoms with E-state index in [4.69, 9.17) is 0 Å². The molecule has 0 fully saturated rings. The number of rotatable bonds is 3. The molecular weight excluding hydrogens is 209 g/mol. The normalized spacial score (nSPS) is 12.7. The van der Waals surface area contributed by atoms with E-state index in [0.29, 0.717) is 0 Å². The highest BCUT2D eigenvalue weighted by Gasteiger charge is 2.12. The largest absolute Gasteiger partial charge is 0.309 e. The zero-order chi connectivity index (χ0) is 10.7. The highest BCUT2D eigenvalue weighted by Crippen LogP contribution is 2.23. The summed E-state index contributed by atoms with van der Waals surface area (Å²) in [6.07, 6.45) is 0. The molecule has 1 nitrogen and oxygen atoms in total. The molecule has 2 rings (SSSR count). The second kappa shape index (κ2) is 4.55. The molecule has 0 saturated carbocycles. The van der Waals surface area contributed by atoms with Gasteiger partial charge in [-0.2, -0.15) is 11.3 Å². The lowest BCUT2D eigenvalue weighted by Crippen LogP contribution is -2.16. The Kier molecular flexibility index (Phi) is 3.14. The third-order valence-corrected chi connectivity index (χ3v) is 3.05. The Balaban J connectivity index is 2.35. The number of halogens is 1. The van der Waals surface area contributed by atoms with Crippen LogP contribution in [-0.2, 0) is 0 Å². The van der Waals surface area contributed by atoms with Crippen LogP contribution in [0.3, 0.4) is 0 Å². The van der Waals surface area contributed by atoms with Crippen molar-refractivity contribution >= 4 is 11.3 Å². The van der Waals surface area contributed by atoms with Gasteiger partial charge in [0.2, 0.25) is 0 Å². The van der Waals surface area contributed by atoms with Crippen molar-refractivity contribution in [3.8, 4) is 0 Å². The SMILES string of the molecule is CNC(c1ccsc1)c1cccc(F)c1. The van der Waals surface area contributed by atoms with Gasteiger partial charge in [-0.05, 0) is 47.1 Å². The van der Waals surface area contributed by atoms with Gasteiger partial charge in [0, 0.05) is 0 Å². The van der Waals surface area contributed by atoms with Crippen LogP contribution >= 0.6 is 11.3 Å². The van der Waals surface area contributed by atoms with Crippen LogP contribution in [0.25, 0.3) is 0 Å². The molecule has 1 N–H and O–H groups in total. The van der Waals surface area contributed by atoms with E-state index in [9.17, 15) is 4.39 Å². The number of benzene rings is 1. The molecule has 0 spiro atoms. The van der Waals surface area contributed by atoms with E-state index in [1.165, 1.54) is 11.6 Å². The molecule has 1 aromatic heterocycles. The molecule has 1 heterocycles. The maximum atomic E-state index is 13.1. The molecule has 3 heteroatoms. The van der Waals surface area contributed by atoms with Gasteiger partial charge in [0.15, 0.2) is 0 Å². The fraction of sp³-hybridized carbons (Fsp3) is 0.167. The average molecular weight is 221 g/mol. The molecular formula is C12H12FNS. The van der Waals surface area contributed by atoms with Crippen molar-refractivity contribution in [2.45, 2.75) is 6.04 Å². The Morgan fingerprint density at radius 1 is 1.27 bits per heavy atom. The lowest BCUT2D eigenvalue weighted by Gasteiger charge is -2.15. The van der Waals surface area contributed by atoms with Crippen LogP contribution in [-0.4, -0.2) is 7.05 Å². The first-order chi connectivity index (χ1) is 7.31. The van der Waals surface area contributed by atoms with Crippen molar-refractivity contribution in [1.82, 2.24) is 5.32 Å². The molecule has 78 valence electrons. The van der Waals surface area contributed by atoms with Crippen molar-refractivity contribution in [1.29, 1.82) is 0 Å². The second-order valence-electron chi connectivity index (χ2n) is 3.33.